The number of hydrogen-bond acceptors (Lipinski definition) is 4. The van der Waals surface area contributed by atoms with Crippen molar-refractivity contribution in [3.8, 4) is 0 Å². The number of rotatable bonds is 8. The van der Waals surface area contributed by atoms with E-state index in [2.05, 4.69) is 4.98 Å². The van der Waals surface area contributed by atoms with Crippen LogP contribution in [0.15, 0.2) is 35.4 Å². The fourth-order valence-electron chi connectivity index (χ4n) is 2.63. The van der Waals surface area contributed by atoms with Gasteiger partial charge in [0.25, 0.3) is 5.56 Å². The molecule has 1 aromatic heterocycles. The number of amides is 1. The van der Waals surface area contributed by atoms with Crippen molar-refractivity contribution in [3.63, 3.8) is 0 Å². The average molecular weight is 345 g/mol. The molecule has 0 aliphatic rings. The van der Waals surface area contributed by atoms with Gasteiger partial charge < -0.3 is 10.0 Å². The van der Waals surface area contributed by atoms with E-state index in [-0.39, 0.29) is 43.3 Å². The van der Waals surface area contributed by atoms with Crippen LogP contribution in [0.1, 0.15) is 26.7 Å². The number of aromatic nitrogens is 2. The Morgan fingerprint density at radius 1 is 1.24 bits per heavy atom. The number of para-hydroxylation sites is 1. The molecule has 2 rings (SSSR count). The smallest absolute Gasteiger partial charge is 0.305 e. The van der Waals surface area contributed by atoms with Crippen LogP contribution in [0.25, 0.3) is 10.9 Å². The molecule has 0 radical (unpaired) electrons. The van der Waals surface area contributed by atoms with E-state index in [1.54, 1.807) is 23.1 Å². The number of fused-ring (bicyclic) bond motifs is 1. The first-order chi connectivity index (χ1) is 11.9. The molecule has 0 aliphatic carbocycles. The highest BCUT2D eigenvalue weighted by atomic mass is 16.4. The van der Waals surface area contributed by atoms with E-state index in [1.807, 2.05) is 19.9 Å². The van der Waals surface area contributed by atoms with Crippen LogP contribution in [0.2, 0.25) is 0 Å². The summed E-state index contributed by atoms with van der Waals surface area (Å²) in [6.07, 6.45) is 1.49. The predicted octanol–water partition coefficient (Wildman–Crippen LogP) is 1.75. The molecule has 1 N–H and O–H groups in total. The van der Waals surface area contributed by atoms with Crippen LogP contribution in [0.3, 0.4) is 0 Å². The summed E-state index contributed by atoms with van der Waals surface area (Å²) >= 11 is 0. The van der Waals surface area contributed by atoms with Crippen molar-refractivity contribution in [2.24, 2.45) is 5.92 Å². The maximum absolute atomic E-state index is 12.4. The van der Waals surface area contributed by atoms with Crippen LogP contribution in [-0.4, -0.2) is 44.5 Å². The molecule has 134 valence electrons. The van der Waals surface area contributed by atoms with E-state index in [0.29, 0.717) is 17.4 Å². The number of nitrogens with zero attached hydrogens (tertiary/aromatic N) is 3. The molecule has 1 amide bonds. The minimum atomic E-state index is -0.934. The topological polar surface area (TPSA) is 92.5 Å². The van der Waals surface area contributed by atoms with Gasteiger partial charge in [0.1, 0.15) is 0 Å². The van der Waals surface area contributed by atoms with Crippen LogP contribution < -0.4 is 5.56 Å². The molecule has 0 unspecified atom stereocenters. The van der Waals surface area contributed by atoms with Crippen molar-refractivity contribution in [1.82, 2.24) is 14.5 Å². The number of carboxylic acid groups (broad SMARTS) is 1. The Hall–Kier alpha value is -2.70. The molecule has 0 atom stereocenters. The van der Waals surface area contributed by atoms with Gasteiger partial charge in [-0.05, 0) is 18.1 Å². The van der Waals surface area contributed by atoms with Crippen LogP contribution in [0.5, 0.6) is 0 Å². The summed E-state index contributed by atoms with van der Waals surface area (Å²) in [6.45, 7) is 4.84. The van der Waals surface area contributed by atoms with Gasteiger partial charge in [0.2, 0.25) is 5.91 Å². The Morgan fingerprint density at radius 3 is 2.64 bits per heavy atom. The van der Waals surface area contributed by atoms with Crippen molar-refractivity contribution >= 4 is 22.8 Å². The highest BCUT2D eigenvalue weighted by Gasteiger charge is 2.16. The fraction of sp³-hybridized carbons (Fsp3) is 0.444. The Kier molecular flexibility index (Phi) is 6.27. The number of aliphatic carboxylic acids is 1. The van der Waals surface area contributed by atoms with Crippen molar-refractivity contribution < 1.29 is 14.7 Å². The van der Waals surface area contributed by atoms with Gasteiger partial charge in [0, 0.05) is 26.1 Å². The maximum Gasteiger partial charge on any atom is 0.305 e. The molecule has 0 spiro atoms. The lowest BCUT2D eigenvalue weighted by molar-refractivity contribution is -0.138. The standard InChI is InChI=1S/C18H23N3O4/c1-13(2)11-20(10-8-17(23)24)16(22)7-9-21-12-19-15-6-4-3-5-14(15)18(21)25/h3-6,12-13H,7-11H2,1-2H3,(H,23,24). The van der Waals surface area contributed by atoms with Gasteiger partial charge in [0.15, 0.2) is 0 Å². The molecule has 0 bridgehead atoms. The first-order valence-electron chi connectivity index (χ1n) is 8.32. The second kappa shape index (κ2) is 8.41. The third-order valence-electron chi connectivity index (χ3n) is 3.83. The van der Waals surface area contributed by atoms with E-state index >= 15 is 0 Å². The average Bonchev–Trinajstić information content (AvgIpc) is 2.57. The first-order valence-corrected chi connectivity index (χ1v) is 8.32. The Morgan fingerprint density at radius 2 is 1.96 bits per heavy atom. The number of carbonyl (C=O) groups excluding carboxylic acids is 1. The zero-order valence-corrected chi connectivity index (χ0v) is 14.5. The Bertz CT molecular complexity index is 813. The summed E-state index contributed by atoms with van der Waals surface area (Å²) in [5, 5.41) is 9.35. The van der Waals surface area contributed by atoms with E-state index in [0.717, 1.165) is 0 Å². The molecule has 25 heavy (non-hydrogen) atoms. The first kappa shape index (κ1) is 18.6. The van der Waals surface area contributed by atoms with Crippen LogP contribution in [0, 0.1) is 5.92 Å². The molecule has 7 nitrogen and oxygen atoms in total. The van der Waals surface area contributed by atoms with Gasteiger partial charge in [0.05, 0.1) is 23.7 Å². The van der Waals surface area contributed by atoms with Gasteiger partial charge in [-0.15, -0.1) is 0 Å². The second-order valence-corrected chi connectivity index (χ2v) is 6.39. The summed E-state index contributed by atoms with van der Waals surface area (Å²) in [5.74, 6) is -0.852. The molecule has 0 aliphatic heterocycles. The number of carboxylic acids is 1. The lowest BCUT2D eigenvalue weighted by atomic mass is 10.2. The highest BCUT2D eigenvalue weighted by molar-refractivity contribution is 5.78. The van der Waals surface area contributed by atoms with Gasteiger partial charge in [-0.1, -0.05) is 26.0 Å². The number of aryl methyl sites for hydroxylation is 1. The van der Waals surface area contributed by atoms with E-state index in [1.165, 1.54) is 10.9 Å². The molecule has 0 saturated heterocycles. The number of benzene rings is 1. The Labute approximate surface area is 145 Å². The largest absolute Gasteiger partial charge is 0.481 e. The molecule has 2 aromatic rings. The molecule has 1 aromatic carbocycles. The lowest BCUT2D eigenvalue weighted by Gasteiger charge is -2.24. The van der Waals surface area contributed by atoms with Crippen LogP contribution in [-0.2, 0) is 16.1 Å². The minimum absolute atomic E-state index is 0.0874. The lowest BCUT2D eigenvalue weighted by Crippen LogP contribution is -2.37. The zero-order chi connectivity index (χ0) is 18.4. The van der Waals surface area contributed by atoms with Crippen LogP contribution in [0.4, 0.5) is 0 Å². The summed E-state index contributed by atoms with van der Waals surface area (Å²) in [7, 11) is 0. The van der Waals surface area contributed by atoms with Gasteiger partial charge in [-0.3, -0.25) is 19.0 Å². The third kappa shape index (κ3) is 5.14. The van der Waals surface area contributed by atoms with E-state index in [4.69, 9.17) is 5.11 Å². The minimum Gasteiger partial charge on any atom is -0.481 e. The summed E-state index contributed by atoms with van der Waals surface area (Å²) in [4.78, 5) is 41.4. The van der Waals surface area contributed by atoms with Gasteiger partial charge >= 0.3 is 5.97 Å². The zero-order valence-electron chi connectivity index (χ0n) is 14.5. The molecule has 1 heterocycles. The maximum atomic E-state index is 12.4. The summed E-state index contributed by atoms with van der Waals surface area (Å²) in [5.41, 5.74) is 0.442. The van der Waals surface area contributed by atoms with Crippen molar-refractivity contribution in [2.75, 3.05) is 13.1 Å². The van der Waals surface area contributed by atoms with Gasteiger partial charge in [-0.2, -0.15) is 0 Å². The monoisotopic (exact) mass is 345 g/mol. The quantitative estimate of drug-likeness (QED) is 0.787. The SMILES string of the molecule is CC(C)CN(CCC(=O)O)C(=O)CCn1cnc2ccccc2c1=O. The highest BCUT2D eigenvalue weighted by Crippen LogP contribution is 2.07. The molecule has 7 heteroatoms. The molecule has 0 fully saturated rings. The predicted molar refractivity (Wildman–Crippen MR) is 94.3 cm³/mol. The summed E-state index contributed by atoms with van der Waals surface area (Å²) < 4.78 is 1.42. The normalized spacial score (nSPS) is 11.0. The summed E-state index contributed by atoms with van der Waals surface area (Å²) in [6, 6.07) is 7.06. The van der Waals surface area contributed by atoms with E-state index < -0.39 is 5.97 Å². The van der Waals surface area contributed by atoms with Crippen LogP contribution >= 0.6 is 0 Å². The number of hydrogen-bond donors (Lipinski definition) is 1. The van der Waals surface area contributed by atoms with Crippen molar-refractivity contribution in [1.29, 1.82) is 0 Å². The number of carbonyl (C=O) groups is 2. The van der Waals surface area contributed by atoms with Gasteiger partial charge in [-0.25, -0.2) is 4.98 Å². The second-order valence-electron chi connectivity index (χ2n) is 6.39. The third-order valence-corrected chi connectivity index (χ3v) is 3.83. The fourth-order valence-corrected chi connectivity index (χ4v) is 2.63. The van der Waals surface area contributed by atoms with Crippen molar-refractivity contribution in [2.45, 2.75) is 33.2 Å². The molecular formula is C18H23N3O4. The van der Waals surface area contributed by atoms with E-state index in [9.17, 15) is 14.4 Å². The molecule has 0 saturated carbocycles. The molecular weight excluding hydrogens is 322 g/mol. The Balaban J connectivity index is 2.07. The van der Waals surface area contributed by atoms with Crippen molar-refractivity contribution in [3.05, 3.63) is 40.9 Å².